The average Bonchev–Trinajstić information content (AvgIpc) is 2.41. The molecule has 4 nitrogen and oxygen atoms in total. The van der Waals surface area contributed by atoms with Crippen molar-refractivity contribution >= 4 is 21.9 Å². The number of carboxylic acid groups (broad SMARTS) is 1. The van der Waals surface area contributed by atoms with E-state index in [-0.39, 0.29) is 0 Å². The molecule has 19 heavy (non-hydrogen) atoms. The van der Waals surface area contributed by atoms with Crippen LogP contribution in [0, 0.1) is 6.92 Å². The van der Waals surface area contributed by atoms with Crippen LogP contribution in [-0.2, 0) is 4.79 Å². The van der Waals surface area contributed by atoms with Crippen LogP contribution in [0.4, 0.5) is 0 Å². The standard InChI is InChI=1S/C10H11BrO4.2C2H6/c1-5-2-3-6(7(11)4-5)8(12)9(13)10(14)15;2*1-2/h2-4,8-9,12-13H,1H3,(H,14,15);2*1-2H3. The fraction of sp³-hybridized carbons (Fsp3) is 0.500. The van der Waals surface area contributed by atoms with Crippen molar-refractivity contribution < 1.29 is 20.1 Å². The van der Waals surface area contributed by atoms with Gasteiger partial charge in [0, 0.05) is 4.47 Å². The molecule has 1 rings (SSSR count). The molecule has 0 radical (unpaired) electrons. The predicted octanol–water partition coefficient (Wildman–Crippen LogP) is 3.29. The fourth-order valence-corrected chi connectivity index (χ4v) is 1.90. The summed E-state index contributed by atoms with van der Waals surface area (Å²) in [4.78, 5) is 10.5. The summed E-state index contributed by atoms with van der Waals surface area (Å²) in [6.07, 6.45) is -3.25. The molecule has 2 atom stereocenters. The molecule has 1 aromatic rings. The van der Waals surface area contributed by atoms with Crippen molar-refractivity contribution in [2.24, 2.45) is 0 Å². The van der Waals surface area contributed by atoms with Crippen molar-refractivity contribution in [2.75, 3.05) is 0 Å². The van der Waals surface area contributed by atoms with E-state index in [0.717, 1.165) is 5.56 Å². The Hall–Kier alpha value is -0.910. The molecule has 0 heterocycles. The number of hydrogen-bond donors (Lipinski definition) is 3. The Bertz CT molecular complexity index is 380. The van der Waals surface area contributed by atoms with Crippen LogP contribution in [-0.4, -0.2) is 27.4 Å². The van der Waals surface area contributed by atoms with Crippen molar-refractivity contribution in [3.05, 3.63) is 33.8 Å². The Labute approximate surface area is 123 Å². The van der Waals surface area contributed by atoms with Crippen LogP contribution in [0.15, 0.2) is 22.7 Å². The molecule has 0 amide bonds. The third-order valence-electron chi connectivity index (χ3n) is 2.03. The van der Waals surface area contributed by atoms with E-state index < -0.39 is 18.2 Å². The number of rotatable bonds is 3. The second-order valence-corrected chi connectivity index (χ2v) is 4.11. The summed E-state index contributed by atoms with van der Waals surface area (Å²) in [7, 11) is 0. The fourth-order valence-electron chi connectivity index (χ4n) is 1.18. The number of hydrogen-bond acceptors (Lipinski definition) is 3. The summed E-state index contributed by atoms with van der Waals surface area (Å²) in [6.45, 7) is 9.87. The van der Waals surface area contributed by atoms with Crippen molar-refractivity contribution in [1.29, 1.82) is 0 Å². The van der Waals surface area contributed by atoms with Crippen molar-refractivity contribution in [3.63, 3.8) is 0 Å². The van der Waals surface area contributed by atoms with Gasteiger partial charge in [0.1, 0.15) is 6.10 Å². The topological polar surface area (TPSA) is 77.8 Å². The van der Waals surface area contributed by atoms with E-state index in [1.54, 1.807) is 18.2 Å². The number of carboxylic acids is 1. The van der Waals surface area contributed by atoms with Gasteiger partial charge in [0.05, 0.1) is 0 Å². The first-order valence-corrected chi connectivity index (χ1v) is 7.07. The first kappa shape index (κ1) is 20.4. The normalized spacial score (nSPS) is 12.2. The molecular weight excluding hydrogens is 312 g/mol. The summed E-state index contributed by atoms with van der Waals surface area (Å²) in [5.41, 5.74) is 1.33. The van der Waals surface area contributed by atoms with E-state index in [9.17, 15) is 15.0 Å². The zero-order valence-corrected chi connectivity index (χ0v) is 13.6. The lowest BCUT2D eigenvalue weighted by molar-refractivity contribution is -0.153. The number of carbonyl (C=O) groups is 1. The number of aliphatic hydroxyl groups excluding tert-OH is 2. The van der Waals surface area contributed by atoms with Crippen LogP contribution in [0.25, 0.3) is 0 Å². The van der Waals surface area contributed by atoms with E-state index in [4.69, 9.17) is 5.11 Å². The number of benzene rings is 1. The lowest BCUT2D eigenvalue weighted by Gasteiger charge is -2.16. The highest BCUT2D eigenvalue weighted by molar-refractivity contribution is 9.10. The molecule has 1 aromatic carbocycles. The third-order valence-corrected chi connectivity index (χ3v) is 2.71. The zero-order valence-electron chi connectivity index (χ0n) is 12.0. The summed E-state index contributed by atoms with van der Waals surface area (Å²) < 4.78 is 0.579. The minimum atomic E-state index is -1.82. The molecule has 0 bridgehead atoms. The molecule has 0 saturated carbocycles. The van der Waals surface area contributed by atoms with E-state index >= 15 is 0 Å². The van der Waals surface area contributed by atoms with Crippen molar-refractivity contribution in [3.8, 4) is 0 Å². The van der Waals surface area contributed by atoms with Crippen LogP contribution in [0.2, 0.25) is 0 Å². The summed E-state index contributed by atoms with van der Waals surface area (Å²) in [5, 5.41) is 27.3. The van der Waals surface area contributed by atoms with Gasteiger partial charge in [0.15, 0.2) is 6.10 Å². The Morgan fingerprint density at radius 3 is 2.00 bits per heavy atom. The van der Waals surface area contributed by atoms with Gasteiger partial charge in [-0.2, -0.15) is 0 Å². The van der Waals surface area contributed by atoms with E-state index in [1.807, 2.05) is 34.6 Å². The Morgan fingerprint density at radius 1 is 1.16 bits per heavy atom. The van der Waals surface area contributed by atoms with Gasteiger partial charge < -0.3 is 15.3 Å². The minimum absolute atomic E-state index is 0.357. The molecule has 3 N–H and O–H groups in total. The molecule has 5 heteroatoms. The van der Waals surface area contributed by atoms with Crippen LogP contribution in [0.1, 0.15) is 44.9 Å². The molecule has 110 valence electrons. The van der Waals surface area contributed by atoms with Crippen molar-refractivity contribution in [2.45, 2.75) is 46.8 Å². The second-order valence-electron chi connectivity index (χ2n) is 3.25. The number of aryl methyl sites for hydroxylation is 1. The number of aliphatic hydroxyl groups is 2. The number of aliphatic carboxylic acids is 1. The third kappa shape index (κ3) is 6.71. The maximum atomic E-state index is 10.5. The van der Waals surface area contributed by atoms with Crippen LogP contribution in [0.5, 0.6) is 0 Å². The quantitative estimate of drug-likeness (QED) is 0.792. The van der Waals surface area contributed by atoms with Gasteiger partial charge in [-0.05, 0) is 24.1 Å². The molecule has 0 aliphatic carbocycles. The monoisotopic (exact) mass is 334 g/mol. The van der Waals surface area contributed by atoms with E-state index in [0.29, 0.717) is 10.0 Å². The van der Waals surface area contributed by atoms with Gasteiger partial charge in [-0.15, -0.1) is 0 Å². The highest BCUT2D eigenvalue weighted by atomic mass is 79.9. The lowest BCUT2D eigenvalue weighted by Crippen LogP contribution is -2.27. The lowest BCUT2D eigenvalue weighted by atomic mass is 10.0. The number of halogens is 1. The molecular formula is C14H23BrO4. The SMILES string of the molecule is CC.CC.Cc1ccc(C(O)C(O)C(=O)O)c(Br)c1. The van der Waals surface area contributed by atoms with Gasteiger partial charge in [-0.1, -0.05) is 55.8 Å². The maximum absolute atomic E-state index is 10.5. The van der Waals surface area contributed by atoms with E-state index in [2.05, 4.69) is 15.9 Å². The molecule has 0 spiro atoms. The van der Waals surface area contributed by atoms with Gasteiger partial charge in [-0.25, -0.2) is 4.79 Å². The summed E-state index contributed by atoms with van der Waals surface area (Å²) >= 11 is 3.20. The van der Waals surface area contributed by atoms with E-state index in [1.165, 1.54) is 0 Å². The molecule has 0 aliphatic heterocycles. The minimum Gasteiger partial charge on any atom is -0.479 e. The Morgan fingerprint density at radius 2 is 1.63 bits per heavy atom. The largest absolute Gasteiger partial charge is 0.479 e. The Kier molecular flexibility index (Phi) is 11.8. The van der Waals surface area contributed by atoms with Crippen LogP contribution < -0.4 is 0 Å². The first-order valence-electron chi connectivity index (χ1n) is 6.28. The second kappa shape index (κ2) is 11.0. The van der Waals surface area contributed by atoms with Gasteiger partial charge >= 0.3 is 5.97 Å². The van der Waals surface area contributed by atoms with Crippen LogP contribution >= 0.6 is 15.9 Å². The van der Waals surface area contributed by atoms with Gasteiger partial charge in [0.25, 0.3) is 0 Å². The van der Waals surface area contributed by atoms with Gasteiger partial charge in [0.2, 0.25) is 0 Å². The molecule has 0 aromatic heterocycles. The maximum Gasteiger partial charge on any atom is 0.335 e. The molecule has 0 saturated heterocycles. The Balaban J connectivity index is 0. The highest BCUT2D eigenvalue weighted by Crippen LogP contribution is 2.26. The summed E-state index contributed by atoms with van der Waals surface area (Å²) in [6, 6.07) is 5.06. The predicted molar refractivity (Wildman–Crippen MR) is 80.2 cm³/mol. The molecule has 2 unspecified atom stereocenters. The van der Waals surface area contributed by atoms with Crippen molar-refractivity contribution in [1.82, 2.24) is 0 Å². The first-order chi connectivity index (χ1) is 8.93. The average molecular weight is 335 g/mol. The highest BCUT2D eigenvalue weighted by Gasteiger charge is 2.26. The smallest absolute Gasteiger partial charge is 0.335 e. The van der Waals surface area contributed by atoms with Crippen LogP contribution in [0.3, 0.4) is 0 Å². The summed E-state index contributed by atoms with van der Waals surface area (Å²) in [5.74, 6) is -1.45. The molecule has 0 aliphatic rings. The zero-order chi connectivity index (χ0) is 15.6. The molecule has 0 fully saturated rings. The van der Waals surface area contributed by atoms with Gasteiger partial charge in [-0.3, -0.25) is 0 Å².